The highest BCUT2D eigenvalue weighted by molar-refractivity contribution is 7.80. The first kappa shape index (κ1) is 19.1. The fourth-order valence-corrected chi connectivity index (χ4v) is 7.36. The molecule has 0 saturated heterocycles. The van der Waals surface area contributed by atoms with Crippen LogP contribution < -0.4 is 0 Å². The number of hydrogen-bond donors (Lipinski definition) is 1. The maximum atomic E-state index is 4.70. The molecule has 24 heavy (non-hydrogen) atoms. The molecule has 6 atom stereocenters. The number of rotatable bonds is 1. The van der Waals surface area contributed by atoms with Crippen molar-refractivity contribution in [2.75, 3.05) is 0 Å². The van der Waals surface area contributed by atoms with Crippen molar-refractivity contribution in [3.05, 3.63) is 0 Å². The normalized spacial score (nSPS) is 48.5. The second-order valence-corrected chi connectivity index (χ2v) is 10.2. The zero-order valence-electron chi connectivity index (χ0n) is 16.6. The molecule has 0 aromatic rings. The average Bonchev–Trinajstić information content (AvgIpc) is 2.63. The van der Waals surface area contributed by atoms with E-state index in [-0.39, 0.29) is 0 Å². The summed E-state index contributed by atoms with van der Waals surface area (Å²) in [5, 5.41) is 0.715. The lowest BCUT2D eigenvalue weighted by Gasteiger charge is -2.51. The molecular weight excluding hydrogens is 308 g/mol. The minimum absolute atomic E-state index is 0.715. The fourth-order valence-electron chi connectivity index (χ4n) is 7.07. The van der Waals surface area contributed by atoms with Crippen LogP contribution in [0.2, 0.25) is 0 Å². The van der Waals surface area contributed by atoms with E-state index >= 15 is 0 Å². The van der Waals surface area contributed by atoms with Gasteiger partial charge in [0.05, 0.1) is 0 Å². The van der Waals surface area contributed by atoms with Crippen molar-refractivity contribution >= 4 is 12.6 Å². The van der Waals surface area contributed by atoms with Crippen LogP contribution in [0.5, 0.6) is 0 Å². The smallest absolute Gasteiger partial charge is 0.00170 e. The number of hydrogen-bond acceptors (Lipinski definition) is 1. The molecule has 0 radical (unpaired) electrons. The molecule has 0 bridgehead atoms. The third-order valence-electron chi connectivity index (χ3n) is 8.25. The average molecular weight is 351 g/mol. The van der Waals surface area contributed by atoms with Crippen molar-refractivity contribution in [2.24, 2.45) is 41.4 Å². The maximum Gasteiger partial charge on any atom is 0.00170 e. The minimum Gasteiger partial charge on any atom is -0.176 e. The van der Waals surface area contributed by atoms with Gasteiger partial charge in [-0.25, -0.2) is 0 Å². The Morgan fingerprint density at radius 2 is 1.04 bits per heavy atom. The molecule has 0 spiro atoms. The van der Waals surface area contributed by atoms with E-state index < -0.39 is 0 Å². The highest BCUT2D eigenvalue weighted by Crippen LogP contribution is 2.55. The van der Waals surface area contributed by atoms with Gasteiger partial charge in [0.25, 0.3) is 0 Å². The van der Waals surface area contributed by atoms with Gasteiger partial charge in [0.15, 0.2) is 0 Å². The van der Waals surface area contributed by atoms with Gasteiger partial charge in [-0.1, -0.05) is 27.2 Å². The molecule has 4 fully saturated rings. The molecule has 4 saturated carbocycles. The van der Waals surface area contributed by atoms with E-state index in [0.717, 1.165) is 41.4 Å². The molecule has 140 valence electrons. The Kier molecular flexibility index (Phi) is 7.03. The SMILES string of the molecule is CC.CC1CCC2C(CCC3CC(C4CCC(S)CC4)CCC32)C1. The summed E-state index contributed by atoms with van der Waals surface area (Å²) < 4.78 is 0. The maximum absolute atomic E-state index is 4.70. The Labute approximate surface area is 157 Å². The highest BCUT2D eigenvalue weighted by atomic mass is 32.1. The van der Waals surface area contributed by atoms with Gasteiger partial charge in [0, 0.05) is 5.25 Å². The summed E-state index contributed by atoms with van der Waals surface area (Å²) in [4.78, 5) is 0. The summed E-state index contributed by atoms with van der Waals surface area (Å²) in [7, 11) is 0. The van der Waals surface area contributed by atoms with Crippen LogP contribution in [0.15, 0.2) is 0 Å². The van der Waals surface area contributed by atoms with Gasteiger partial charge in [0.2, 0.25) is 0 Å². The van der Waals surface area contributed by atoms with Gasteiger partial charge in [-0.05, 0) is 112 Å². The van der Waals surface area contributed by atoms with Gasteiger partial charge in [0.1, 0.15) is 0 Å². The van der Waals surface area contributed by atoms with Crippen LogP contribution in [0, 0.1) is 41.4 Å². The topological polar surface area (TPSA) is 0 Å². The van der Waals surface area contributed by atoms with Gasteiger partial charge in [-0.15, -0.1) is 0 Å². The predicted octanol–water partition coefficient (Wildman–Crippen LogP) is 7.38. The minimum atomic E-state index is 0.715. The van der Waals surface area contributed by atoms with Crippen LogP contribution in [0.25, 0.3) is 0 Å². The zero-order chi connectivity index (χ0) is 17.1. The second-order valence-electron chi connectivity index (χ2n) is 9.49. The third kappa shape index (κ3) is 4.18. The van der Waals surface area contributed by atoms with Crippen LogP contribution in [0.1, 0.15) is 97.8 Å². The van der Waals surface area contributed by atoms with E-state index in [4.69, 9.17) is 12.6 Å². The molecule has 6 unspecified atom stereocenters. The molecule has 0 heterocycles. The van der Waals surface area contributed by atoms with Crippen LogP contribution in [0.4, 0.5) is 0 Å². The largest absolute Gasteiger partial charge is 0.176 e. The lowest BCUT2D eigenvalue weighted by molar-refractivity contribution is -0.0115. The molecule has 0 aliphatic heterocycles. The number of thiol groups is 1. The Hall–Kier alpha value is 0.350. The van der Waals surface area contributed by atoms with Crippen molar-refractivity contribution in [3.8, 4) is 0 Å². The van der Waals surface area contributed by atoms with Crippen molar-refractivity contribution in [2.45, 2.75) is 103 Å². The van der Waals surface area contributed by atoms with Crippen LogP contribution in [-0.2, 0) is 0 Å². The summed E-state index contributed by atoms with van der Waals surface area (Å²) in [6.45, 7) is 6.50. The van der Waals surface area contributed by atoms with Crippen molar-refractivity contribution in [1.29, 1.82) is 0 Å². The summed E-state index contributed by atoms with van der Waals surface area (Å²) in [6, 6.07) is 0. The summed E-state index contributed by atoms with van der Waals surface area (Å²) in [6.07, 6.45) is 18.3. The highest BCUT2D eigenvalue weighted by Gasteiger charge is 2.45. The molecule has 4 aliphatic carbocycles. The third-order valence-corrected chi connectivity index (χ3v) is 8.77. The van der Waals surface area contributed by atoms with Crippen LogP contribution >= 0.6 is 12.6 Å². The van der Waals surface area contributed by atoms with E-state index in [2.05, 4.69) is 6.92 Å². The first-order valence-electron chi connectivity index (χ1n) is 11.4. The Morgan fingerprint density at radius 1 is 0.542 bits per heavy atom. The van der Waals surface area contributed by atoms with E-state index in [1.165, 1.54) is 32.1 Å². The molecule has 0 amide bonds. The molecule has 0 N–H and O–H groups in total. The summed E-state index contributed by atoms with van der Waals surface area (Å²) >= 11 is 4.70. The fraction of sp³-hybridized carbons (Fsp3) is 1.00. The monoisotopic (exact) mass is 350 g/mol. The standard InChI is InChI=1S/C21H36S.C2H6/c1-14-2-10-20-17(12-14)3-4-18-13-16(7-11-21(18)20)15-5-8-19(22)9-6-15;1-2/h14-22H,2-13H2,1H3;1-2H3. The summed E-state index contributed by atoms with van der Waals surface area (Å²) in [5.41, 5.74) is 0. The second kappa shape index (κ2) is 8.83. The quantitative estimate of drug-likeness (QED) is 0.468. The van der Waals surface area contributed by atoms with Crippen molar-refractivity contribution < 1.29 is 0 Å². The lowest BCUT2D eigenvalue weighted by Crippen LogP contribution is -2.42. The molecule has 0 aromatic heterocycles. The summed E-state index contributed by atoms with van der Waals surface area (Å²) in [5.74, 6) is 7.65. The Bertz CT molecular complexity index is 370. The Balaban J connectivity index is 0.000000815. The lowest BCUT2D eigenvalue weighted by atomic mass is 9.54. The Morgan fingerprint density at radius 3 is 1.71 bits per heavy atom. The van der Waals surface area contributed by atoms with Crippen molar-refractivity contribution in [3.63, 3.8) is 0 Å². The first-order chi connectivity index (χ1) is 11.7. The molecular formula is C23H42S. The van der Waals surface area contributed by atoms with Crippen molar-refractivity contribution in [1.82, 2.24) is 0 Å². The molecule has 1 heteroatoms. The predicted molar refractivity (Wildman–Crippen MR) is 110 cm³/mol. The van der Waals surface area contributed by atoms with E-state index in [9.17, 15) is 0 Å². The molecule has 0 nitrogen and oxygen atoms in total. The number of fused-ring (bicyclic) bond motifs is 3. The van der Waals surface area contributed by atoms with Gasteiger partial charge >= 0.3 is 0 Å². The van der Waals surface area contributed by atoms with E-state index in [1.807, 2.05) is 13.8 Å². The molecule has 4 rings (SSSR count). The van der Waals surface area contributed by atoms with E-state index in [0.29, 0.717) is 5.25 Å². The van der Waals surface area contributed by atoms with Gasteiger partial charge in [-0.2, -0.15) is 12.6 Å². The molecule has 4 aliphatic rings. The molecule has 0 aromatic carbocycles. The van der Waals surface area contributed by atoms with E-state index in [1.54, 1.807) is 44.9 Å². The first-order valence-corrected chi connectivity index (χ1v) is 11.9. The van der Waals surface area contributed by atoms with Gasteiger partial charge in [-0.3, -0.25) is 0 Å². The van der Waals surface area contributed by atoms with Crippen LogP contribution in [-0.4, -0.2) is 5.25 Å². The zero-order valence-corrected chi connectivity index (χ0v) is 17.4. The van der Waals surface area contributed by atoms with Gasteiger partial charge < -0.3 is 0 Å². The van der Waals surface area contributed by atoms with Crippen LogP contribution in [0.3, 0.4) is 0 Å².